The van der Waals surface area contributed by atoms with Gasteiger partial charge in [0.05, 0.1) is 6.20 Å². The first-order chi connectivity index (χ1) is 14.0. The molecule has 0 aliphatic heterocycles. The zero-order valence-electron chi connectivity index (χ0n) is 16.8. The van der Waals surface area contributed by atoms with Gasteiger partial charge in [-0.15, -0.1) is 0 Å². The average Bonchev–Trinajstić information content (AvgIpc) is 3.16. The largest absolute Gasteiger partial charge is 0.352 e. The van der Waals surface area contributed by atoms with Gasteiger partial charge in [-0.2, -0.15) is 0 Å². The molecule has 1 fully saturated rings. The molecule has 5 nitrogen and oxygen atoms in total. The van der Waals surface area contributed by atoms with E-state index in [1.807, 2.05) is 31.2 Å². The summed E-state index contributed by atoms with van der Waals surface area (Å²) in [5, 5.41) is 6.11. The molecule has 1 aromatic carbocycles. The summed E-state index contributed by atoms with van der Waals surface area (Å²) in [6.07, 6.45) is 7.73. The average molecular weight is 397 g/mol. The van der Waals surface area contributed by atoms with E-state index in [4.69, 9.17) is 0 Å². The van der Waals surface area contributed by atoms with Crippen LogP contribution in [-0.4, -0.2) is 28.9 Å². The highest BCUT2D eigenvalue weighted by Crippen LogP contribution is 2.34. The Kier molecular flexibility index (Phi) is 6.96. The molecule has 0 unspecified atom stereocenters. The van der Waals surface area contributed by atoms with Gasteiger partial charge in [0.2, 0.25) is 0 Å². The Morgan fingerprint density at radius 3 is 2.59 bits per heavy atom. The van der Waals surface area contributed by atoms with Gasteiger partial charge in [0, 0.05) is 17.6 Å². The number of aromatic nitrogens is 1. The van der Waals surface area contributed by atoms with Crippen molar-refractivity contribution in [1.82, 2.24) is 15.6 Å². The predicted molar refractivity (Wildman–Crippen MR) is 110 cm³/mol. The molecule has 2 aromatic rings. The number of nitrogens with zero attached hydrogens (tertiary/aromatic N) is 1. The van der Waals surface area contributed by atoms with Crippen molar-refractivity contribution in [2.24, 2.45) is 0 Å². The standard InChI is InChI=1S/C23H28FN3O2/c1-17-7-6-8-18(15-17)21(28)25-14-5-4-13-23(11-2-3-12-23)27-22(29)20-10-9-19(24)16-26-20/h6-10,15-16H,2-5,11-14H2,1H3,(H,25,28)(H,27,29). The van der Waals surface area contributed by atoms with Gasteiger partial charge in [-0.05, 0) is 63.3 Å². The van der Waals surface area contributed by atoms with E-state index in [0.29, 0.717) is 12.1 Å². The summed E-state index contributed by atoms with van der Waals surface area (Å²) in [6.45, 7) is 2.57. The lowest BCUT2D eigenvalue weighted by atomic mass is 9.90. The van der Waals surface area contributed by atoms with Gasteiger partial charge in [0.1, 0.15) is 11.5 Å². The van der Waals surface area contributed by atoms with E-state index in [-0.39, 0.29) is 23.0 Å². The highest BCUT2D eigenvalue weighted by atomic mass is 19.1. The molecule has 1 saturated carbocycles. The summed E-state index contributed by atoms with van der Waals surface area (Å²) in [4.78, 5) is 28.6. The second-order valence-corrected chi connectivity index (χ2v) is 7.89. The highest BCUT2D eigenvalue weighted by Gasteiger charge is 2.35. The van der Waals surface area contributed by atoms with Gasteiger partial charge in [-0.25, -0.2) is 9.37 Å². The number of halogens is 1. The number of hydrogen-bond acceptors (Lipinski definition) is 3. The fourth-order valence-electron chi connectivity index (χ4n) is 3.98. The molecule has 1 aromatic heterocycles. The maximum atomic E-state index is 13.0. The predicted octanol–water partition coefficient (Wildman–Crippen LogP) is 4.17. The fraction of sp³-hybridized carbons (Fsp3) is 0.435. The van der Waals surface area contributed by atoms with Crippen LogP contribution in [0.4, 0.5) is 4.39 Å². The van der Waals surface area contributed by atoms with Crippen LogP contribution in [0, 0.1) is 12.7 Å². The Balaban J connectivity index is 1.46. The Morgan fingerprint density at radius 2 is 1.90 bits per heavy atom. The van der Waals surface area contributed by atoms with Gasteiger partial charge in [0.25, 0.3) is 11.8 Å². The second-order valence-electron chi connectivity index (χ2n) is 7.89. The molecule has 154 valence electrons. The van der Waals surface area contributed by atoms with Crippen molar-refractivity contribution in [3.8, 4) is 0 Å². The van der Waals surface area contributed by atoms with E-state index in [0.717, 1.165) is 56.7 Å². The molecule has 29 heavy (non-hydrogen) atoms. The lowest BCUT2D eigenvalue weighted by Gasteiger charge is -2.30. The highest BCUT2D eigenvalue weighted by molar-refractivity contribution is 5.94. The number of carbonyl (C=O) groups excluding carboxylic acids is 2. The van der Waals surface area contributed by atoms with Crippen molar-refractivity contribution >= 4 is 11.8 Å². The van der Waals surface area contributed by atoms with Gasteiger partial charge in [0.15, 0.2) is 0 Å². The van der Waals surface area contributed by atoms with Crippen molar-refractivity contribution in [2.75, 3.05) is 6.54 Å². The van der Waals surface area contributed by atoms with E-state index in [1.165, 1.54) is 12.1 Å². The Labute approximate surface area is 171 Å². The number of hydrogen-bond donors (Lipinski definition) is 2. The summed E-state index contributed by atoms with van der Waals surface area (Å²) in [7, 11) is 0. The lowest BCUT2D eigenvalue weighted by Crippen LogP contribution is -2.46. The molecule has 0 atom stereocenters. The zero-order valence-corrected chi connectivity index (χ0v) is 16.8. The number of pyridine rings is 1. The molecule has 1 aliphatic rings. The zero-order chi connectivity index (χ0) is 20.7. The molecule has 2 N–H and O–H groups in total. The van der Waals surface area contributed by atoms with E-state index in [9.17, 15) is 14.0 Å². The number of aryl methyl sites for hydroxylation is 1. The first-order valence-corrected chi connectivity index (χ1v) is 10.3. The van der Waals surface area contributed by atoms with Crippen LogP contribution in [0.2, 0.25) is 0 Å². The molecule has 2 amide bonds. The molecular formula is C23H28FN3O2. The molecule has 0 saturated heterocycles. The number of rotatable bonds is 8. The number of carbonyl (C=O) groups is 2. The van der Waals surface area contributed by atoms with Gasteiger partial charge in [-0.3, -0.25) is 9.59 Å². The van der Waals surface area contributed by atoms with Crippen LogP contribution in [0.5, 0.6) is 0 Å². The van der Waals surface area contributed by atoms with Crippen molar-refractivity contribution in [1.29, 1.82) is 0 Å². The number of amides is 2. The smallest absolute Gasteiger partial charge is 0.270 e. The minimum Gasteiger partial charge on any atom is -0.352 e. The number of nitrogens with one attached hydrogen (secondary N) is 2. The summed E-state index contributed by atoms with van der Waals surface area (Å²) in [6, 6.07) is 10.2. The topological polar surface area (TPSA) is 71.1 Å². The summed E-state index contributed by atoms with van der Waals surface area (Å²) in [5.41, 5.74) is 1.75. The quantitative estimate of drug-likeness (QED) is 0.657. The minimum atomic E-state index is -0.454. The van der Waals surface area contributed by atoms with E-state index in [1.54, 1.807) is 0 Å². The first kappa shape index (κ1) is 21.0. The molecule has 1 aliphatic carbocycles. The number of benzene rings is 1. The van der Waals surface area contributed by atoms with E-state index in [2.05, 4.69) is 15.6 Å². The second kappa shape index (κ2) is 9.63. The monoisotopic (exact) mass is 397 g/mol. The van der Waals surface area contributed by atoms with Crippen molar-refractivity contribution in [2.45, 2.75) is 57.4 Å². The Bertz CT molecular complexity index is 845. The van der Waals surface area contributed by atoms with Gasteiger partial charge >= 0.3 is 0 Å². The molecular weight excluding hydrogens is 369 g/mol. The van der Waals surface area contributed by atoms with Crippen LogP contribution in [0.3, 0.4) is 0 Å². The molecule has 0 radical (unpaired) electrons. The Morgan fingerprint density at radius 1 is 1.10 bits per heavy atom. The molecule has 3 rings (SSSR count). The Hall–Kier alpha value is -2.76. The third kappa shape index (κ3) is 5.86. The van der Waals surface area contributed by atoms with Crippen molar-refractivity contribution in [3.05, 3.63) is 65.2 Å². The third-order valence-electron chi connectivity index (χ3n) is 5.55. The van der Waals surface area contributed by atoms with Crippen LogP contribution in [0.25, 0.3) is 0 Å². The first-order valence-electron chi connectivity index (χ1n) is 10.3. The maximum absolute atomic E-state index is 13.0. The summed E-state index contributed by atoms with van der Waals surface area (Å²) < 4.78 is 13.0. The van der Waals surface area contributed by atoms with Crippen LogP contribution >= 0.6 is 0 Å². The van der Waals surface area contributed by atoms with E-state index >= 15 is 0 Å². The van der Waals surface area contributed by atoms with E-state index < -0.39 is 5.82 Å². The number of unbranched alkanes of at least 4 members (excludes halogenated alkanes) is 1. The maximum Gasteiger partial charge on any atom is 0.270 e. The normalized spacial score (nSPS) is 15.1. The SMILES string of the molecule is Cc1cccc(C(=O)NCCCCC2(NC(=O)c3ccc(F)cn3)CCCC2)c1. The lowest BCUT2D eigenvalue weighted by molar-refractivity contribution is 0.0887. The minimum absolute atomic E-state index is 0.0556. The molecule has 6 heteroatoms. The third-order valence-corrected chi connectivity index (χ3v) is 5.55. The van der Waals surface area contributed by atoms with Crippen LogP contribution in [-0.2, 0) is 0 Å². The molecule has 0 spiro atoms. The van der Waals surface area contributed by atoms with Gasteiger partial charge in [-0.1, -0.05) is 30.5 Å². The molecule has 0 bridgehead atoms. The van der Waals surface area contributed by atoms with Crippen LogP contribution in [0.1, 0.15) is 71.4 Å². The summed E-state index contributed by atoms with van der Waals surface area (Å²) >= 11 is 0. The van der Waals surface area contributed by atoms with Crippen molar-refractivity contribution in [3.63, 3.8) is 0 Å². The van der Waals surface area contributed by atoms with Crippen LogP contribution in [0.15, 0.2) is 42.6 Å². The summed E-state index contributed by atoms with van der Waals surface area (Å²) in [5.74, 6) is -0.760. The molecule has 1 heterocycles. The van der Waals surface area contributed by atoms with Crippen LogP contribution < -0.4 is 10.6 Å². The fourth-order valence-corrected chi connectivity index (χ4v) is 3.98. The van der Waals surface area contributed by atoms with Crippen molar-refractivity contribution < 1.29 is 14.0 Å². The van der Waals surface area contributed by atoms with Gasteiger partial charge < -0.3 is 10.6 Å².